The summed E-state index contributed by atoms with van der Waals surface area (Å²) in [5.41, 5.74) is 1.79. The molecule has 2 heterocycles. The van der Waals surface area contributed by atoms with Crippen LogP contribution in [0.5, 0.6) is 0 Å². The quantitative estimate of drug-likeness (QED) is 0.488. The minimum atomic E-state index is -0.371. The van der Waals surface area contributed by atoms with Crippen LogP contribution < -0.4 is 0 Å². The van der Waals surface area contributed by atoms with Crippen molar-refractivity contribution in [1.29, 1.82) is 0 Å². The Balaban J connectivity index is 1.30. The average Bonchev–Trinajstić information content (AvgIpc) is 3.21. The highest BCUT2D eigenvalue weighted by molar-refractivity contribution is 5.74. The molecule has 0 aromatic carbocycles. The fourth-order valence-corrected chi connectivity index (χ4v) is 10.5. The minimum Gasteiger partial charge on any atom is -0.393 e. The second-order valence-corrected chi connectivity index (χ2v) is 13.5. The Morgan fingerprint density at radius 3 is 2.67 bits per heavy atom. The maximum Gasteiger partial charge on any atom is 0.221 e. The van der Waals surface area contributed by atoms with Gasteiger partial charge < -0.3 is 14.7 Å². The number of ether oxygens (including phenoxy) is 1. The van der Waals surface area contributed by atoms with E-state index < -0.39 is 0 Å². The lowest BCUT2D eigenvalue weighted by Gasteiger charge is -2.59. The summed E-state index contributed by atoms with van der Waals surface area (Å²) in [5, 5.41) is 10.3. The number of rotatable bonds is 0. The van der Waals surface area contributed by atoms with E-state index in [1.54, 1.807) is 12.5 Å². The number of likely N-dealkylation sites (tertiary alicyclic amines) is 1. The molecule has 184 valence electrons. The Morgan fingerprint density at radius 2 is 1.91 bits per heavy atom. The highest BCUT2D eigenvalue weighted by Gasteiger charge is 2.69. The Bertz CT molecular complexity index is 869. The summed E-state index contributed by atoms with van der Waals surface area (Å²) < 4.78 is 7.09. The van der Waals surface area contributed by atoms with E-state index in [2.05, 4.69) is 38.7 Å². The van der Waals surface area contributed by atoms with Crippen LogP contribution in [0.4, 0.5) is 0 Å². The molecular formula is C29H45NO3. The van der Waals surface area contributed by atoms with E-state index in [0.717, 1.165) is 56.4 Å². The molecule has 6 rings (SSSR count). The number of carbonyl (C=O) groups is 1. The molecule has 0 aromatic heterocycles. The van der Waals surface area contributed by atoms with Crippen LogP contribution in [-0.4, -0.2) is 40.4 Å². The van der Waals surface area contributed by atoms with E-state index in [-0.39, 0.29) is 17.7 Å². The third kappa shape index (κ3) is 2.92. The van der Waals surface area contributed by atoms with Crippen molar-refractivity contribution in [3.8, 4) is 0 Å². The Kier molecular flexibility index (Phi) is 5.01. The standard InChI is InChI=1S/C29H45NO3/c1-17-8-13-29(30(16-17)19(3)31)18(2)26-25(33-29)15-24-22-7-6-20-14-21(32)9-11-27(20,4)23(22)10-12-28(24,26)5/h6,17-18,21-26,32H,7-16H2,1-5H3/t17-,18+,21+,22-,23+,24+,25+,26+,27+,28+,29?/m1/s1. The molecule has 1 unspecified atom stereocenters. The third-order valence-corrected chi connectivity index (χ3v) is 12.1. The normalized spacial score (nSPS) is 55.5. The zero-order chi connectivity index (χ0) is 23.3. The van der Waals surface area contributed by atoms with Crippen LogP contribution in [0.2, 0.25) is 0 Å². The second-order valence-electron chi connectivity index (χ2n) is 13.5. The van der Waals surface area contributed by atoms with Gasteiger partial charge in [-0.3, -0.25) is 4.79 Å². The first kappa shape index (κ1) is 22.6. The maximum atomic E-state index is 12.7. The summed E-state index contributed by atoms with van der Waals surface area (Å²) in [7, 11) is 0. The molecule has 5 fully saturated rings. The van der Waals surface area contributed by atoms with Gasteiger partial charge in [-0.15, -0.1) is 0 Å². The molecule has 0 aromatic rings. The van der Waals surface area contributed by atoms with Crippen molar-refractivity contribution in [3.05, 3.63) is 11.6 Å². The van der Waals surface area contributed by atoms with Crippen molar-refractivity contribution < 1.29 is 14.6 Å². The molecule has 1 amide bonds. The van der Waals surface area contributed by atoms with Crippen LogP contribution >= 0.6 is 0 Å². The number of nitrogens with zero attached hydrogens (tertiary/aromatic N) is 1. The number of piperidine rings is 1. The molecule has 4 aliphatic carbocycles. The molecule has 1 spiro atoms. The lowest BCUT2D eigenvalue weighted by molar-refractivity contribution is -0.200. The van der Waals surface area contributed by atoms with E-state index in [0.29, 0.717) is 34.7 Å². The van der Waals surface area contributed by atoms with Crippen molar-refractivity contribution in [2.45, 2.75) is 110 Å². The summed E-state index contributed by atoms with van der Waals surface area (Å²) >= 11 is 0. The Morgan fingerprint density at radius 1 is 1.12 bits per heavy atom. The molecule has 0 radical (unpaired) electrons. The lowest BCUT2D eigenvalue weighted by Crippen LogP contribution is -2.60. The second kappa shape index (κ2) is 7.32. The number of hydrogen-bond donors (Lipinski definition) is 1. The van der Waals surface area contributed by atoms with Gasteiger partial charge in [-0.05, 0) is 98.2 Å². The van der Waals surface area contributed by atoms with Crippen LogP contribution in [0.1, 0.15) is 92.4 Å². The molecule has 1 N–H and O–H groups in total. The Labute approximate surface area is 200 Å². The van der Waals surface area contributed by atoms with Gasteiger partial charge >= 0.3 is 0 Å². The van der Waals surface area contributed by atoms with Crippen molar-refractivity contribution in [2.75, 3.05) is 6.54 Å². The predicted octanol–water partition coefficient (Wildman–Crippen LogP) is 5.55. The summed E-state index contributed by atoms with van der Waals surface area (Å²) in [6, 6.07) is 0. The van der Waals surface area contributed by atoms with Gasteiger partial charge in [0.25, 0.3) is 0 Å². The number of aliphatic hydroxyl groups is 1. The monoisotopic (exact) mass is 455 g/mol. The van der Waals surface area contributed by atoms with E-state index >= 15 is 0 Å². The zero-order valence-corrected chi connectivity index (χ0v) is 21.5. The molecular weight excluding hydrogens is 410 g/mol. The average molecular weight is 456 g/mol. The Hall–Kier alpha value is -0.870. The number of amides is 1. The molecule has 6 aliphatic rings. The highest BCUT2D eigenvalue weighted by atomic mass is 16.5. The first-order valence-corrected chi connectivity index (χ1v) is 13.9. The molecule has 2 aliphatic heterocycles. The SMILES string of the molecule is CC(=O)N1C[C@H](C)CCC12O[C@H]1C[C@H]3[C@@H]4CC=C5C[C@@H](O)CC[C@]5(C)[C@H]4CC[C@]3(C)[C@H]1[C@@H]2C. The molecule has 33 heavy (non-hydrogen) atoms. The maximum absolute atomic E-state index is 12.7. The molecule has 0 bridgehead atoms. The molecule has 2 saturated heterocycles. The van der Waals surface area contributed by atoms with Crippen molar-refractivity contribution in [3.63, 3.8) is 0 Å². The summed E-state index contributed by atoms with van der Waals surface area (Å²) in [6.07, 6.45) is 12.9. The van der Waals surface area contributed by atoms with E-state index in [1.165, 1.54) is 25.7 Å². The molecule has 11 atom stereocenters. The number of aliphatic hydroxyl groups excluding tert-OH is 1. The van der Waals surface area contributed by atoms with Crippen LogP contribution in [0.25, 0.3) is 0 Å². The van der Waals surface area contributed by atoms with E-state index in [1.807, 2.05) is 0 Å². The largest absolute Gasteiger partial charge is 0.393 e. The summed E-state index contributed by atoms with van der Waals surface area (Å²) in [5.74, 6) is 3.95. The molecule has 3 saturated carbocycles. The smallest absolute Gasteiger partial charge is 0.221 e. The summed E-state index contributed by atoms with van der Waals surface area (Å²) in [4.78, 5) is 14.9. The lowest BCUT2D eigenvalue weighted by atomic mass is 9.47. The fraction of sp³-hybridized carbons (Fsp3) is 0.897. The number of fused-ring (bicyclic) bond motifs is 7. The van der Waals surface area contributed by atoms with E-state index in [4.69, 9.17) is 4.74 Å². The van der Waals surface area contributed by atoms with Gasteiger partial charge in [-0.25, -0.2) is 0 Å². The fourth-order valence-electron chi connectivity index (χ4n) is 10.5. The van der Waals surface area contributed by atoms with Gasteiger partial charge in [-0.1, -0.05) is 39.3 Å². The number of carbonyl (C=O) groups excluding carboxylic acids is 1. The number of hydrogen-bond acceptors (Lipinski definition) is 3. The highest BCUT2D eigenvalue weighted by Crippen LogP contribution is 2.70. The predicted molar refractivity (Wildman–Crippen MR) is 129 cm³/mol. The first-order chi connectivity index (χ1) is 15.6. The van der Waals surface area contributed by atoms with Crippen LogP contribution in [0.3, 0.4) is 0 Å². The van der Waals surface area contributed by atoms with Gasteiger partial charge in [0.05, 0.1) is 12.2 Å². The van der Waals surface area contributed by atoms with Gasteiger partial charge in [0.2, 0.25) is 5.91 Å². The van der Waals surface area contributed by atoms with Crippen LogP contribution in [-0.2, 0) is 9.53 Å². The zero-order valence-electron chi connectivity index (χ0n) is 21.5. The molecule has 4 nitrogen and oxygen atoms in total. The summed E-state index contributed by atoms with van der Waals surface area (Å²) in [6.45, 7) is 12.4. The van der Waals surface area contributed by atoms with Gasteiger partial charge in [-0.2, -0.15) is 0 Å². The van der Waals surface area contributed by atoms with Gasteiger partial charge in [0.1, 0.15) is 5.72 Å². The van der Waals surface area contributed by atoms with Crippen molar-refractivity contribution >= 4 is 5.91 Å². The molecule has 4 heteroatoms. The minimum absolute atomic E-state index is 0.131. The van der Waals surface area contributed by atoms with Gasteiger partial charge in [0.15, 0.2) is 0 Å². The van der Waals surface area contributed by atoms with E-state index in [9.17, 15) is 9.90 Å². The van der Waals surface area contributed by atoms with Crippen LogP contribution in [0.15, 0.2) is 11.6 Å². The van der Waals surface area contributed by atoms with Crippen molar-refractivity contribution in [2.24, 2.45) is 46.3 Å². The van der Waals surface area contributed by atoms with Crippen LogP contribution in [0, 0.1) is 46.3 Å². The van der Waals surface area contributed by atoms with Gasteiger partial charge in [0, 0.05) is 19.4 Å². The number of allylic oxidation sites excluding steroid dienone is 1. The topological polar surface area (TPSA) is 49.8 Å². The third-order valence-electron chi connectivity index (χ3n) is 12.1. The first-order valence-electron chi connectivity index (χ1n) is 13.9. The van der Waals surface area contributed by atoms with Crippen molar-refractivity contribution in [1.82, 2.24) is 4.90 Å².